The number of nitrogens with zero attached hydrogens (tertiary/aromatic N) is 1. The Morgan fingerprint density at radius 3 is 2.54 bits per heavy atom. The van der Waals surface area contributed by atoms with E-state index in [1.807, 2.05) is 25.1 Å². The van der Waals surface area contributed by atoms with Crippen LogP contribution < -0.4 is 16.0 Å². The Morgan fingerprint density at radius 2 is 1.92 bits per heavy atom. The van der Waals surface area contributed by atoms with E-state index in [1.54, 1.807) is 32.0 Å². The van der Waals surface area contributed by atoms with Crippen molar-refractivity contribution in [3.63, 3.8) is 0 Å². The van der Waals surface area contributed by atoms with Crippen LogP contribution in [0.15, 0.2) is 40.9 Å². The van der Waals surface area contributed by atoms with E-state index in [9.17, 15) is 9.59 Å². The number of hydrogen-bond donors (Lipinski definition) is 3. The Kier molecular flexibility index (Phi) is 5.57. The number of para-hydroxylation sites is 1. The van der Waals surface area contributed by atoms with Gasteiger partial charge in [0.2, 0.25) is 5.91 Å². The summed E-state index contributed by atoms with van der Waals surface area (Å²) in [6.45, 7) is 5.45. The standard InChI is InChI=1S/C17H22N4O3/c1-4-12-10-14(24-21-12)11-18-15(22)17(2,3)20-16(23)19-13-8-6-5-7-9-13/h5-10H,4,11H2,1-3H3,(H,18,22)(H2,19,20,23). The predicted molar refractivity (Wildman–Crippen MR) is 90.4 cm³/mol. The van der Waals surface area contributed by atoms with E-state index in [0.29, 0.717) is 11.4 Å². The number of urea groups is 1. The van der Waals surface area contributed by atoms with Crippen molar-refractivity contribution in [2.75, 3.05) is 5.32 Å². The van der Waals surface area contributed by atoms with Gasteiger partial charge in [-0.25, -0.2) is 4.79 Å². The molecule has 7 heteroatoms. The Balaban J connectivity index is 1.86. The zero-order valence-corrected chi connectivity index (χ0v) is 14.1. The lowest BCUT2D eigenvalue weighted by Gasteiger charge is -2.25. The van der Waals surface area contributed by atoms with Crippen LogP contribution in [-0.2, 0) is 17.8 Å². The molecule has 0 saturated carbocycles. The lowest BCUT2D eigenvalue weighted by molar-refractivity contribution is -0.126. The molecule has 1 heterocycles. The van der Waals surface area contributed by atoms with Crippen LogP contribution >= 0.6 is 0 Å². The third kappa shape index (κ3) is 4.84. The summed E-state index contributed by atoms with van der Waals surface area (Å²) in [5.41, 5.74) is 0.408. The third-order valence-corrected chi connectivity index (χ3v) is 3.42. The van der Waals surface area contributed by atoms with Crippen molar-refractivity contribution in [3.8, 4) is 0 Å². The van der Waals surface area contributed by atoms with E-state index < -0.39 is 11.6 Å². The van der Waals surface area contributed by atoms with Crippen LogP contribution in [0.2, 0.25) is 0 Å². The van der Waals surface area contributed by atoms with Crippen molar-refractivity contribution in [3.05, 3.63) is 47.9 Å². The summed E-state index contributed by atoms with van der Waals surface area (Å²) in [5, 5.41) is 11.9. The van der Waals surface area contributed by atoms with Crippen molar-refractivity contribution in [1.29, 1.82) is 0 Å². The molecule has 0 atom stereocenters. The van der Waals surface area contributed by atoms with Crippen LogP contribution in [0.5, 0.6) is 0 Å². The van der Waals surface area contributed by atoms with Gasteiger partial charge in [-0.3, -0.25) is 4.79 Å². The van der Waals surface area contributed by atoms with Crippen molar-refractivity contribution in [2.45, 2.75) is 39.3 Å². The summed E-state index contributed by atoms with van der Waals surface area (Å²) in [6.07, 6.45) is 0.768. The first kappa shape index (κ1) is 17.5. The predicted octanol–water partition coefficient (Wildman–Crippen LogP) is 2.45. The normalized spacial score (nSPS) is 11.0. The molecule has 0 saturated heterocycles. The van der Waals surface area contributed by atoms with Crippen molar-refractivity contribution in [2.24, 2.45) is 0 Å². The maximum Gasteiger partial charge on any atom is 0.320 e. The molecule has 3 N–H and O–H groups in total. The first-order valence-corrected chi connectivity index (χ1v) is 7.77. The second kappa shape index (κ2) is 7.63. The molecule has 2 rings (SSSR count). The number of nitrogens with one attached hydrogen (secondary N) is 3. The van der Waals surface area contributed by atoms with E-state index in [4.69, 9.17) is 4.52 Å². The number of aryl methyl sites for hydroxylation is 1. The highest BCUT2D eigenvalue weighted by Gasteiger charge is 2.29. The van der Waals surface area contributed by atoms with E-state index in [-0.39, 0.29) is 12.5 Å². The molecule has 0 aliphatic rings. The van der Waals surface area contributed by atoms with Crippen LogP contribution in [0.3, 0.4) is 0 Å². The van der Waals surface area contributed by atoms with Gasteiger partial charge in [0.1, 0.15) is 5.54 Å². The zero-order chi connectivity index (χ0) is 17.6. The number of rotatable bonds is 6. The molecule has 0 aliphatic heterocycles. The maximum atomic E-state index is 12.3. The number of hydrogen-bond acceptors (Lipinski definition) is 4. The molecule has 0 fully saturated rings. The number of anilines is 1. The molecular formula is C17H22N4O3. The largest absolute Gasteiger partial charge is 0.359 e. The molecule has 2 aromatic rings. The lowest BCUT2D eigenvalue weighted by Crippen LogP contribution is -2.55. The minimum Gasteiger partial charge on any atom is -0.359 e. The Hall–Kier alpha value is -2.83. The molecule has 24 heavy (non-hydrogen) atoms. The lowest BCUT2D eigenvalue weighted by atomic mass is 10.1. The van der Waals surface area contributed by atoms with Gasteiger partial charge in [-0.15, -0.1) is 0 Å². The van der Waals surface area contributed by atoms with E-state index in [2.05, 4.69) is 21.1 Å². The van der Waals surface area contributed by atoms with Gasteiger partial charge in [0.25, 0.3) is 0 Å². The highest BCUT2D eigenvalue weighted by Crippen LogP contribution is 2.08. The molecular weight excluding hydrogens is 308 g/mol. The van der Waals surface area contributed by atoms with Crippen molar-refractivity contribution in [1.82, 2.24) is 15.8 Å². The summed E-state index contributed by atoms with van der Waals surface area (Å²) in [6, 6.07) is 10.4. The van der Waals surface area contributed by atoms with Crippen LogP contribution in [0.4, 0.5) is 10.5 Å². The number of benzene rings is 1. The second-order valence-corrected chi connectivity index (χ2v) is 5.89. The number of aromatic nitrogens is 1. The molecule has 3 amide bonds. The number of carbonyl (C=O) groups is 2. The quantitative estimate of drug-likeness (QED) is 0.758. The topological polar surface area (TPSA) is 96.3 Å². The molecule has 0 bridgehead atoms. The molecule has 0 radical (unpaired) electrons. The Morgan fingerprint density at radius 1 is 1.21 bits per heavy atom. The van der Waals surface area contributed by atoms with Gasteiger partial charge in [-0.05, 0) is 32.4 Å². The minimum absolute atomic E-state index is 0.219. The molecule has 0 unspecified atom stereocenters. The Bertz CT molecular complexity index is 695. The number of amides is 3. The minimum atomic E-state index is -1.08. The zero-order valence-electron chi connectivity index (χ0n) is 14.1. The first-order chi connectivity index (χ1) is 11.4. The van der Waals surface area contributed by atoms with Gasteiger partial charge in [-0.1, -0.05) is 30.3 Å². The Labute approximate surface area is 140 Å². The molecule has 0 spiro atoms. The summed E-state index contributed by atoms with van der Waals surface area (Å²) < 4.78 is 5.11. The van der Waals surface area contributed by atoms with Gasteiger partial charge in [0.15, 0.2) is 5.76 Å². The first-order valence-electron chi connectivity index (χ1n) is 7.77. The third-order valence-electron chi connectivity index (χ3n) is 3.42. The van der Waals surface area contributed by atoms with Crippen molar-refractivity contribution < 1.29 is 14.1 Å². The monoisotopic (exact) mass is 330 g/mol. The number of carbonyl (C=O) groups excluding carboxylic acids is 2. The van der Waals surface area contributed by atoms with Gasteiger partial charge in [0.05, 0.1) is 12.2 Å². The van der Waals surface area contributed by atoms with E-state index in [1.165, 1.54) is 0 Å². The highest BCUT2D eigenvalue weighted by atomic mass is 16.5. The fourth-order valence-electron chi connectivity index (χ4n) is 2.02. The van der Waals surface area contributed by atoms with Gasteiger partial charge in [0, 0.05) is 11.8 Å². The van der Waals surface area contributed by atoms with Crippen LogP contribution in [0.1, 0.15) is 32.2 Å². The molecule has 128 valence electrons. The molecule has 7 nitrogen and oxygen atoms in total. The van der Waals surface area contributed by atoms with Crippen LogP contribution in [0.25, 0.3) is 0 Å². The molecule has 1 aromatic heterocycles. The van der Waals surface area contributed by atoms with E-state index >= 15 is 0 Å². The van der Waals surface area contributed by atoms with Gasteiger partial charge in [-0.2, -0.15) is 0 Å². The summed E-state index contributed by atoms with van der Waals surface area (Å²) >= 11 is 0. The van der Waals surface area contributed by atoms with Gasteiger partial charge < -0.3 is 20.5 Å². The average molecular weight is 330 g/mol. The van der Waals surface area contributed by atoms with E-state index in [0.717, 1.165) is 12.1 Å². The van der Waals surface area contributed by atoms with Crippen LogP contribution in [-0.4, -0.2) is 22.6 Å². The highest BCUT2D eigenvalue weighted by molar-refractivity contribution is 5.95. The maximum absolute atomic E-state index is 12.3. The average Bonchev–Trinajstić information content (AvgIpc) is 3.01. The molecule has 0 aliphatic carbocycles. The smallest absolute Gasteiger partial charge is 0.320 e. The van der Waals surface area contributed by atoms with Gasteiger partial charge >= 0.3 is 6.03 Å². The summed E-state index contributed by atoms with van der Waals surface area (Å²) in [5.74, 6) is 0.255. The molecule has 1 aromatic carbocycles. The van der Waals surface area contributed by atoms with Crippen LogP contribution in [0, 0.1) is 0 Å². The summed E-state index contributed by atoms with van der Waals surface area (Å²) in [7, 11) is 0. The SMILES string of the molecule is CCc1cc(CNC(=O)C(C)(C)NC(=O)Nc2ccccc2)on1. The summed E-state index contributed by atoms with van der Waals surface area (Å²) in [4.78, 5) is 24.3. The fourth-order valence-corrected chi connectivity index (χ4v) is 2.02. The second-order valence-electron chi connectivity index (χ2n) is 5.89. The fraction of sp³-hybridized carbons (Fsp3) is 0.353. The van der Waals surface area contributed by atoms with Crippen molar-refractivity contribution >= 4 is 17.6 Å².